The molecule has 2 aromatic rings. The van der Waals surface area contributed by atoms with Gasteiger partial charge in [-0.15, -0.1) is 0 Å². The Morgan fingerprint density at radius 3 is 2.41 bits per heavy atom. The van der Waals surface area contributed by atoms with Crippen molar-refractivity contribution < 1.29 is 38.0 Å². The fourth-order valence-electron chi connectivity index (χ4n) is 5.00. The van der Waals surface area contributed by atoms with Gasteiger partial charge in [0.15, 0.2) is 11.9 Å². The van der Waals surface area contributed by atoms with Gasteiger partial charge in [-0.25, -0.2) is 14.0 Å². The summed E-state index contributed by atoms with van der Waals surface area (Å²) in [5, 5.41) is 9.74. The monoisotopic (exact) mass is 626 g/mol. The molecule has 3 rings (SSSR count). The topological polar surface area (TPSA) is 91.3 Å². The lowest BCUT2D eigenvalue weighted by Gasteiger charge is -2.25. The van der Waals surface area contributed by atoms with E-state index in [2.05, 4.69) is 19.6 Å². The van der Waals surface area contributed by atoms with Gasteiger partial charge in [0, 0.05) is 8.07 Å². The van der Waals surface area contributed by atoms with Crippen molar-refractivity contribution >= 4 is 26.1 Å². The first-order valence-corrected chi connectivity index (χ1v) is 18.9. The number of carbonyl (C=O) groups excluding carboxylic acids is 2. The quantitative estimate of drug-likeness (QED) is 0.181. The van der Waals surface area contributed by atoms with Crippen molar-refractivity contribution in [3.8, 4) is 0 Å². The minimum Gasteiger partial charge on any atom is -0.462 e. The molecule has 0 saturated carbocycles. The van der Waals surface area contributed by atoms with Gasteiger partial charge in [0.1, 0.15) is 11.9 Å². The van der Waals surface area contributed by atoms with Crippen LogP contribution in [0.1, 0.15) is 71.0 Å². The van der Waals surface area contributed by atoms with Crippen LogP contribution in [-0.2, 0) is 18.9 Å². The van der Waals surface area contributed by atoms with Crippen LogP contribution in [0.2, 0.25) is 25.7 Å². The summed E-state index contributed by atoms with van der Waals surface area (Å²) in [6, 6.07) is 13.1. The fraction of sp³-hybridized carbons (Fsp3) is 0.486. The highest BCUT2D eigenvalue weighted by atomic mass is 28.3. The van der Waals surface area contributed by atoms with Gasteiger partial charge in [-0.05, 0) is 82.8 Å². The molecule has 0 bridgehead atoms. The molecule has 0 radical (unpaired) electrons. The third kappa shape index (κ3) is 10.5. The maximum absolute atomic E-state index is 15.6. The van der Waals surface area contributed by atoms with Crippen LogP contribution in [0.15, 0.2) is 60.4 Å². The van der Waals surface area contributed by atoms with Crippen LogP contribution in [-0.4, -0.2) is 61.9 Å². The Labute approximate surface area is 262 Å². The summed E-state index contributed by atoms with van der Waals surface area (Å²) in [7, 11) is -1.37. The molecule has 1 fully saturated rings. The standard InChI is InChI=1S/C35H47FO7Si/c1-23-21-24(2)30(34(39)40-19-20-44(6,7)8)27(22-23)15-12-16-29-32(43-35(4,5)42-29)31(28(36)18-17-25(3)37)41-33(38)26-13-10-9-11-14-26/h9-15,18,21-22,25,29,31-32,37H,16-17,19-20H2,1-8H3/b15-12+,28-18+/t25?,29-,31?,32?/m0/s1. The lowest BCUT2D eigenvalue weighted by Crippen LogP contribution is -2.39. The van der Waals surface area contributed by atoms with Gasteiger partial charge in [0.25, 0.3) is 0 Å². The zero-order valence-electron chi connectivity index (χ0n) is 27.2. The Morgan fingerprint density at radius 2 is 1.77 bits per heavy atom. The highest BCUT2D eigenvalue weighted by Crippen LogP contribution is 2.36. The van der Waals surface area contributed by atoms with Crippen molar-refractivity contribution in [1.29, 1.82) is 0 Å². The van der Waals surface area contributed by atoms with E-state index in [-0.39, 0.29) is 24.4 Å². The molecule has 3 unspecified atom stereocenters. The van der Waals surface area contributed by atoms with Crippen LogP contribution in [0.4, 0.5) is 4.39 Å². The summed E-state index contributed by atoms with van der Waals surface area (Å²) >= 11 is 0. The normalized spacial score (nSPS) is 20.0. The van der Waals surface area contributed by atoms with Crippen LogP contribution in [0.25, 0.3) is 6.08 Å². The first kappa shape index (κ1) is 35.4. The first-order valence-electron chi connectivity index (χ1n) is 15.2. The van der Waals surface area contributed by atoms with Crippen molar-refractivity contribution in [3.63, 3.8) is 0 Å². The molecule has 240 valence electrons. The van der Waals surface area contributed by atoms with E-state index in [0.717, 1.165) is 17.2 Å². The van der Waals surface area contributed by atoms with Crippen molar-refractivity contribution in [1.82, 2.24) is 0 Å². The first-order chi connectivity index (χ1) is 20.6. The molecule has 2 aromatic carbocycles. The van der Waals surface area contributed by atoms with Crippen molar-refractivity contribution in [3.05, 3.63) is 88.3 Å². The SMILES string of the molecule is Cc1cc(C)c(C(=O)OCC[Si](C)(C)C)c(/C=C/C[C@@H]2OC(C)(C)OC2C(OC(=O)c2ccccc2)/C(F)=C\CC(C)O)c1. The van der Waals surface area contributed by atoms with Gasteiger partial charge < -0.3 is 24.1 Å². The molecule has 1 heterocycles. The third-order valence-corrected chi connectivity index (χ3v) is 8.86. The van der Waals surface area contributed by atoms with Gasteiger partial charge in [0.05, 0.1) is 29.9 Å². The molecule has 1 N–H and O–H groups in total. The second-order valence-corrected chi connectivity index (χ2v) is 18.8. The molecule has 0 aromatic heterocycles. The highest BCUT2D eigenvalue weighted by molar-refractivity contribution is 6.76. The van der Waals surface area contributed by atoms with Crippen molar-refractivity contribution in [2.45, 2.75) is 103 Å². The number of hydrogen-bond acceptors (Lipinski definition) is 7. The Hall–Kier alpha value is -3.11. The lowest BCUT2D eigenvalue weighted by molar-refractivity contribution is -0.154. The van der Waals surface area contributed by atoms with Crippen LogP contribution in [0.3, 0.4) is 0 Å². The molecular formula is C35H47FO7Si. The van der Waals surface area contributed by atoms with Crippen LogP contribution >= 0.6 is 0 Å². The number of aliphatic hydroxyl groups is 1. The molecule has 44 heavy (non-hydrogen) atoms. The Bertz CT molecular complexity index is 1340. The van der Waals surface area contributed by atoms with Crippen LogP contribution in [0.5, 0.6) is 0 Å². The van der Waals surface area contributed by atoms with Gasteiger partial charge in [0.2, 0.25) is 0 Å². The molecular weight excluding hydrogens is 579 g/mol. The Kier molecular flexibility index (Phi) is 12.3. The number of halogens is 1. The van der Waals surface area contributed by atoms with Crippen LogP contribution < -0.4 is 0 Å². The fourth-order valence-corrected chi connectivity index (χ4v) is 5.72. The molecule has 1 aliphatic heterocycles. The molecule has 0 aliphatic carbocycles. The van der Waals surface area contributed by atoms with Crippen LogP contribution in [0, 0.1) is 13.8 Å². The average molecular weight is 627 g/mol. The van der Waals surface area contributed by atoms with Gasteiger partial charge in [-0.2, -0.15) is 0 Å². The second-order valence-electron chi connectivity index (χ2n) is 13.1. The van der Waals surface area contributed by atoms with Crippen molar-refractivity contribution in [2.24, 2.45) is 0 Å². The summed E-state index contributed by atoms with van der Waals surface area (Å²) in [6.07, 6.45) is 1.39. The summed E-state index contributed by atoms with van der Waals surface area (Å²) in [5.41, 5.74) is 3.31. The molecule has 7 nitrogen and oxygen atoms in total. The number of rotatable bonds is 13. The number of aryl methyl sites for hydroxylation is 2. The van der Waals surface area contributed by atoms with Gasteiger partial charge in [-0.1, -0.05) is 67.7 Å². The highest BCUT2D eigenvalue weighted by Gasteiger charge is 2.47. The van der Waals surface area contributed by atoms with E-state index in [1.54, 1.807) is 51.1 Å². The zero-order chi connectivity index (χ0) is 32.7. The van der Waals surface area contributed by atoms with Gasteiger partial charge in [-0.3, -0.25) is 0 Å². The molecule has 9 heteroatoms. The molecule has 0 amide bonds. The van der Waals surface area contributed by atoms with Gasteiger partial charge >= 0.3 is 11.9 Å². The predicted molar refractivity (Wildman–Crippen MR) is 173 cm³/mol. The van der Waals surface area contributed by atoms with E-state index >= 15 is 4.39 Å². The molecule has 0 spiro atoms. The summed E-state index contributed by atoms with van der Waals surface area (Å²) in [5.74, 6) is -2.87. The number of benzene rings is 2. The van der Waals surface area contributed by atoms with E-state index in [1.165, 1.54) is 6.08 Å². The number of aliphatic hydroxyl groups excluding tert-OH is 1. The lowest BCUT2D eigenvalue weighted by atomic mass is 9.97. The average Bonchev–Trinajstić information content (AvgIpc) is 3.23. The number of ether oxygens (including phenoxy) is 4. The van der Waals surface area contributed by atoms with E-state index in [0.29, 0.717) is 17.7 Å². The largest absolute Gasteiger partial charge is 0.462 e. The third-order valence-electron chi connectivity index (χ3n) is 7.15. The Balaban J connectivity index is 1.87. The minimum atomic E-state index is -1.40. The van der Waals surface area contributed by atoms with Crippen molar-refractivity contribution in [2.75, 3.05) is 6.61 Å². The maximum Gasteiger partial charge on any atom is 0.338 e. The maximum atomic E-state index is 15.6. The van der Waals surface area contributed by atoms with E-state index in [9.17, 15) is 14.7 Å². The molecule has 1 saturated heterocycles. The van der Waals surface area contributed by atoms with E-state index in [4.69, 9.17) is 18.9 Å². The summed E-state index contributed by atoms with van der Waals surface area (Å²) < 4.78 is 39.3. The minimum absolute atomic E-state index is 0.0380. The number of hydrogen-bond donors (Lipinski definition) is 1. The Morgan fingerprint density at radius 1 is 1.09 bits per heavy atom. The summed E-state index contributed by atoms with van der Waals surface area (Å²) in [6.45, 7) is 15.9. The number of esters is 2. The zero-order valence-corrected chi connectivity index (χ0v) is 28.2. The second kappa shape index (κ2) is 15.3. The summed E-state index contributed by atoms with van der Waals surface area (Å²) in [4.78, 5) is 26.1. The smallest absolute Gasteiger partial charge is 0.338 e. The number of carbonyl (C=O) groups is 2. The molecule has 4 atom stereocenters. The molecule has 1 aliphatic rings. The van der Waals surface area contributed by atoms with E-state index < -0.39 is 50.1 Å². The predicted octanol–water partition coefficient (Wildman–Crippen LogP) is 7.57. The van der Waals surface area contributed by atoms with E-state index in [1.807, 2.05) is 38.1 Å².